The molecule has 7 nitrogen and oxygen atoms in total. The number of halogens is 1. The summed E-state index contributed by atoms with van der Waals surface area (Å²) >= 11 is 0. The molecule has 0 spiro atoms. The van der Waals surface area contributed by atoms with Crippen molar-refractivity contribution in [3.63, 3.8) is 0 Å². The van der Waals surface area contributed by atoms with Crippen LogP contribution in [0.15, 0.2) is 47.7 Å². The molecule has 2 rings (SSSR count). The SMILES string of the molecule is CCNC(=NCCCn1cccn1)NCCc1ccc(C(=O)OC)cc1.I. The van der Waals surface area contributed by atoms with Crippen LogP contribution in [0.1, 0.15) is 29.3 Å². The van der Waals surface area contributed by atoms with Crippen LogP contribution in [0.2, 0.25) is 0 Å². The predicted molar refractivity (Wildman–Crippen MR) is 118 cm³/mol. The second kappa shape index (κ2) is 13.1. The van der Waals surface area contributed by atoms with Gasteiger partial charge in [-0.25, -0.2) is 4.79 Å². The Morgan fingerprint density at radius 1 is 1.26 bits per heavy atom. The number of methoxy groups -OCH3 is 1. The summed E-state index contributed by atoms with van der Waals surface area (Å²) in [6.07, 6.45) is 5.53. The van der Waals surface area contributed by atoms with Crippen LogP contribution in [0.25, 0.3) is 0 Å². The van der Waals surface area contributed by atoms with Gasteiger partial charge >= 0.3 is 5.97 Å². The van der Waals surface area contributed by atoms with Crippen LogP contribution in [0.5, 0.6) is 0 Å². The Hall–Kier alpha value is -2.10. The molecule has 1 heterocycles. The van der Waals surface area contributed by atoms with Crippen LogP contribution in [0, 0.1) is 0 Å². The average molecular weight is 485 g/mol. The zero-order valence-corrected chi connectivity index (χ0v) is 18.2. The van der Waals surface area contributed by atoms with Gasteiger partial charge in [-0.2, -0.15) is 5.10 Å². The molecular weight excluding hydrogens is 457 g/mol. The van der Waals surface area contributed by atoms with Crippen molar-refractivity contribution in [2.75, 3.05) is 26.7 Å². The van der Waals surface area contributed by atoms with Crippen LogP contribution in [-0.4, -0.2) is 48.5 Å². The van der Waals surface area contributed by atoms with E-state index in [1.54, 1.807) is 18.3 Å². The number of ether oxygens (including phenoxy) is 1. The highest BCUT2D eigenvalue weighted by Crippen LogP contribution is 2.06. The summed E-state index contributed by atoms with van der Waals surface area (Å²) in [6, 6.07) is 9.39. The molecule has 0 atom stereocenters. The summed E-state index contributed by atoms with van der Waals surface area (Å²) in [7, 11) is 1.39. The van der Waals surface area contributed by atoms with Gasteiger partial charge in [-0.3, -0.25) is 9.67 Å². The van der Waals surface area contributed by atoms with Gasteiger partial charge < -0.3 is 15.4 Å². The Labute approximate surface area is 177 Å². The first-order chi connectivity index (χ1) is 12.7. The number of hydrogen-bond acceptors (Lipinski definition) is 4. The van der Waals surface area contributed by atoms with Crippen molar-refractivity contribution in [2.24, 2.45) is 4.99 Å². The highest BCUT2D eigenvalue weighted by molar-refractivity contribution is 14.0. The van der Waals surface area contributed by atoms with E-state index in [0.29, 0.717) is 5.56 Å². The number of nitrogens with zero attached hydrogens (tertiary/aromatic N) is 3. The molecule has 0 bridgehead atoms. The second-order valence-corrected chi connectivity index (χ2v) is 5.75. The first kappa shape index (κ1) is 22.9. The van der Waals surface area contributed by atoms with Gasteiger partial charge in [0.05, 0.1) is 12.7 Å². The molecule has 2 aromatic rings. The average Bonchev–Trinajstić information content (AvgIpc) is 3.18. The Balaban J connectivity index is 0.00000364. The van der Waals surface area contributed by atoms with Gasteiger partial charge in [-0.15, -0.1) is 24.0 Å². The van der Waals surface area contributed by atoms with Gasteiger partial charge in [0.2, 0.25) is 0 Å². The summed E-state index contributed by atoms with van der Waals surface area (Å²) in [5.74, 6) is 0.505. The number of nitrogens with one attached hydrogen (secondary N) is 2. The van der Waals surface area contributed by atoms with Crippen LogP contribution >= 0.6 is 24.0 Å². The third kappa shape index (κ3) is 8.42. The number of carbonyl (C=O) groups excluding carboxylic acids is 1. The maximum absolute atomic E-state index is 11.4. The number of aliphatic imine (C=N–C) groups is 1. The van der Waals surface area contributed by atoms with Crippen molar-refractivity contribution in [1.82, 2.24) is 20.4 Å². The molecule has 0 aliphatic heterocycles. The summed E-state index contributed by atoms with van der Waals surface area (Å²) in [5, 5.41) is 10.8. The van der Waals surface area contributed by atoms with Gasteiger partial charge in [0, 0.05) is 38.6 Å². The number of benzene rings is 1. The van der Waals surface area contributed by atoms with E-state index >= 15 is 0 Å². The monoisotopic (exact) mass is 485 g/mol. The molecule has 0 fully saturated rings. The Morgan fingerprint density at radius 3 is 2.67 bits per heavy atom. The molecule has 1 aromatic carbocycles. The minimum atomic E-state index is -0.314. The van der Waals surface area contributed by atoms with E-state index in [-0.39, 0.29) is 29.9 Å². The lowest BCUT2D eigenvalue weighted by molar-refractivity contribution is 0.0600. The van der Waals surface area contributed by atoms with Crippen molar-refractivity contribution in [2.45, 2.75) is 26.3 Å². The van der Waals surface area contributed by atoms with Crippen LogP contribution in [0.3, 0.4) is 0 Å². The molecule has 8 heteroatoms. The van der Waals surface area contributed by atoms with E-state index in [0.717, 1.165) is 50.5 Å². The van der Waals surface area contributed by atoms with Crippen molar-refractivity contribution in [1.29, 1.82) is 0 Å². The van der Waals surface area contributed by atoms with Crippen molar-refractivity contribution in [3.8, 4) is 0 Å². The third-order valence-corrected chi connectivity index (χ3v) is 3.80. The summed E-state index contributed by atoms with van der Waals surface area (Å²) in [5.41, 5.74) is 1.72. The smallest absolute Gasteiger partial charge is 0.337 e. The summed E-state index contributed by atoms with van der Waals surface area (Å²) < 4.78 is 6.62. The number of rotatable bonds is 9. The zero-order valence-electron chi connectivity index (χ0n) is 15.9. The molecule has 1 aromatic heterocycles. The van der Waals surface area contributed by atoms with E-state index in [1.165, 1.54) is 7.11 Å². The predicted octanol–water partition coefficient (Wildman–Crippen LogP) is 2.48. The van der Waals surface area contributed by atoms with Gasteiger partial charge in [0.15, 0.2) is 5.96 Å². The van der Waals surface area contributed by atoms with Gasteiger partial charge in [0.25, 0.3) is 0 Å². The maximum Gasteiger partial charge on any atom is 0.337 e. The first-order valence-electron chi connectivity index (χ1n) is 8.89. The quantitative estimate of drug-likeness (QED) is 0.188. The van der Waals surface area contributed by atoms with Gasteiger partial charge in [-0.1, -0.05) is 12.1 Å². The minimum Gasteiger partial charge on any atom is -0.465 e. The second-order valence-electron chi connectivity index (χ2n) is 5.75. The van der Waals surface area contributed by atoms with Gasteiger partial charge in [0.1, 0.15) is 0 Å². The van der Waals surface area contributed by atoms with E-state index in [1.807, 2.05) is 36.0 Å². The molecule has 0 saturated carbocycles. The first-order valence-corrected chi connectivity index (χ1v) is 8.89. The fraction of sp³-hybridized carbons (Fsp3) is 0.421. The minimum absolute atomic E-state index is 0. The van der Waals surface area contributed by atoms with Crippen molar-refractivity contribution < 1.29 is 9.53 Å². The lowest BCUT2D eigenvalue weighted by Gasteiger charge is -2.11. The molecule has 0 radical (unpaired) electrons. The highest BCUT2D eigenvalue weighted by atomic mass is 127. The molecule has 0 aliphatic carbocycles. The number of aryl methyl sites for hydroxylation is 1. The van der Waals surface area contributed by atoms with E-state index in [2.05, 4.69) is 20.7 Å². The number of aromatic nitrogens is 2. The lowest BCUT2D eigenvalue weighted by atomic mass is 10.1. The molecule has 0 amide bonds. The molecule has 27 heavy (non-hydrogen) atoms. The van der Waals surface area contributed by atoms with Gasteiger partial charge in [-0.05, 0) is 43.5 Å². The Kier molecular flexibility index (Phi) is 11.2. The number of hydrogen-bond donors (Lipinski definition) is 2. The largest absolute Gasteiger partial charge is 0.465 e. The zero-order chi connectivity index (χ0) is 18.6. The molecule has 0 saturated heterocycles. The van der Waals surface area contributed by atoms with E-state index < -0.39 is 0 Å². The fourth-order valence-corrected chi connectivity index (χ4v) is 2.45. The summed E-state index contributed by atoms with van der Waals surface area (Å²) in [6.45, 7) is 5.24. The molecule has 0 unspecified atom stereocenters. The van der Waals surface area contributed by atoms with Crippen LogP contribution in [0.4, 0.5) is 0 Å². The molecule has 148 valence electrons. The van der Waals surface area contributed by atoms with Crippen LogP contribution in [-0.2, 0) is 17.7 Å². The van der Waals surface area contributed by atoms with Crippen LogP contribution < -0.4 is 10.6 Å². The standard InChI is InChI=1S/C19H27N5O2.HI/c1-3-20-19(21-11-4-14-24-15-5-12-23-24)22-13-10-16-6-8-17(9-7-16)18(25)26-2;/h5-9,12,15H,3-4,10-11,13-14H2,1-2H3,(H2,20,21,22);1H. The molecule has 2 N–H and O–H groups in total. The molecular formula is C19H28IN5O2. The number of carbonyl (C=O) groups is 1. The topological polar surface area (TPSA) is 80.5 Å². The number of guanidine groups is 1. The van der Waals surface area contributed by atoms with Crippen molar-refractivity contribution in [3.05, 3.63) is 53.9 Å². The Morgan fingerprint density at radius 2 is 2.04 bits per heavy atom. The van der Waals surface area contributed by atoms with E-state index in [4.69, 9.17) is 4.74 Å². The van der Waals surface area contributed by atoms with E-state index in [9.17, 15) is 4.79 Å². The summed E-state index contributed by atoms with van der Waals surface area (Å²) in [4.78, 5) is 16.0. The lowest BCUT2D eigenvalue weighted by Crippen LogP contribution is -2.38. The highest BCUT2D eigenvalue weighted by Gasteiger charge is 2.04. The normalized spacial score (nSPS) is 10.8. The fourth-order valence-electron chi connectivity index (χ4n) is 2.45. The molecule has 0 aliphatic rings. The number of esters is 1. The third-order valence-electron chi connectivity index (χ3n) is 3.80. The van der Waals surface area contributed by atoms with Crippen molar-refractivity contribution >= 4 is 35.9 Å². The maximum atomic E-state index is 11.4. The Bertz CT molecular complexity index is 687.